The fourth-order valence-corrected chi connectivity index (χ4v) is 1.97. The highest BCUT2D eigenvalue weighted by Crippen LogP contribution is 2.12. The molecule has 0 N–H and O–H groups in total. The zero-order chi connectivity index (χ0) is 13.7. The summed E-state index contributed by atoms with van der Waals surface area (Å²) in [5, 5.41) is 0.741. The van der Waals surface area contributed by atoms with Crippen molar-refractivity contribution in [2.24, 2.45) is 4.99 Å². The van der Waals surface area contributed by atoms with Crippen molar-refractivity contribution in [3.63, 3.8) is 0 Å². The molecule has 98 valence electrons. The van der Waals surface area contributed by atoms with E-state index in [1.807, 2.05) is 61.5 Å². The number of rotatable bonds is 3. The van der Waals surface area contributed by atoms with Gasteiger partial charge in [0, 0.05) is 24.7 Å². The molecule has 3 heteroatoms. The fourth-order valence-electron chi connectivity index (χ4n) is 1.84. The summed E-state index contributed by atoms with van der Waals surface area (Å²) in [6, 6.07) is 18.0. The maximum atomic E-state index is 5.92. The summed E-state index contributed by atoms with van der Waals surface area (Å²) in [5.41, 5.74) is 2.28. The first kappa shape index (κ1) is 13.6. The molecule has 0 saturated carbocycles. The lowest BCUT2D eigenvalue weighted by Crippen LogP contribution is -2.23. The van der Waals surface area contributed by atoms with E-state index in [4.69, 9.17) is 16.6 Å². The Labute approximate surface area is 119 Å². The highest BCUT2D eigenvalue weighted by Gasteiger charge is 2.05. The number of hydrogen-bond donors (Lipinski definition) is 0. The molecule has 0 saturated heterocycles. The number of nitrogens with zero attached hydrogens (tertiary/aromatic N) is 2. The molecule has 0 aliphatic carbocycles. The minimum Gasteiger partial charge on any atom is -0.363 e. The number of aliphatic imine (C=N–C) groups is 1. The van der Waals surface area contributed by atoms with E-state index in [2.05, 4.69) is 12.1 Å². The maximum absolute atomic E-state index is 5.92. The van der Waals surface area contributed by atoms with Gasteiger partial charge in [-0.25, -0.2) is 0 Å². The molecule has 19 heavy (non-hydrogen) atoms. The first-order valence-corrected chi connectivity index (χ1v) is 6.56. The van der Waals surface area contributed by atoms with Gasteiger partial charge < -0.3 is 4.90 Å². The average Bonchev–Trinajstić information content (AvgIpc) is 2.42. The number of benzene rings is 2. The van der Waals surface area contributed by atoms with Crippen LogP contribution >= 0.6 is 11.6 Å². The van der Waals surface area contributed by atoms with Gasteiger partial charge in [0.25, 0.3) is 0 Å². The van der Waals surface area contributed by atoms with Crippen molar-refractivity contribution >= 4 is 17.4 Å². The predicted molar refractivity (Wildman–Crippen MR) is 81.8 cm³/mol. The minimum absolute atomic E-state index is 0.678. The van der Waals surface area contributed by atoms with E-state index in [0.717, 1.165) is 16.4 Å². The van der Waals surface area contributed by atoms with Crippen LogP contribution in [0.2, 0.25) is 5.02 Å². The molecule has 0 aliphatic rings. The maximum Gasteiger partial charge on any atom is 0.130 e. The molecular formula is C16H17ClN2. The summed E-state index contributed by atoms with van der Waals surface area (Å²) in [5.74, 6) is 0.959. The second-order valence-electron chi connectivity index (χ2n) is 4.53. The fraction of sp³-hybridized carbons (Fsp3) is 0.188. The normalized spacial score (nSPS) is 11.4. The molecule has 0 atom stereocenters. The Kier molecular flexibility index (Phi) is 4.58. The lowest BCUT2D eigenvalue weighted by Gasteiger charge is -2.16. The first-order valence-electron chi connectivity index (χ1n) is 6.18. The Balaban J connectivity index is 2.23. The molecule has 2 aromatic carbocycles. The van der Waals surface area contributed by atoms with E-state index >= 15 is 0 Å². The van der Waals surface area contributed by atoms with Gasteiger partial charge >= 0.3 is 0 Å². The first-order chi connectivity index (χ1) is 9.16. The topological polar surface area (TPSA) is 15.6 Å². The van der Waals surface area contributed by atoms with Gasteiger partial charge in [0.2, 0.25) is 0 Å². The molecular weight excluding hydrogens is 256 g/mol. The zero-order valence-corrected chi connectivity index (χ0v) is 11.9. The van der Waals surface area contributed by atoms with Gasteiger partial charge in [-0.15, -0.1) is 0 Å². The second kappa shape index (κ2) is 6.39. The van der Waals surface area contributed by atoms with Crippen molar-refractivity contribution in [1.29, 1.82) is 0 Å². The highest BCUT2D eigenvalue weighted by atomic mass is 35.5. The van der Waals surface area contributed by atoms with Gasteiger partial charge in [-0.05, 0) is 29.8 Å². The summed E-state index contributed by atoms with van der Waals surface area (Å²) in [6.07, 6.45) is 0. The Hall–Kier alpha value is -1.80. The molecule has 0 heterocycles. The predicted octanol–water partition coefficient (Wildman–Crippen LogP) is 3.85. The van der Waals surface area contributed by atoms with Crippen molar-refractivity contribution in [3.05, 3.63) is 70.7 Å². The van der Waals surface area contributed by atoms with Gasteiger partial charge in [-0.1, -0.05) is 41.9 Å². The van der Waals surface area contributed by atoms with Gasteiger partial charge in [0.1, 0.15) is 5.84 Å². The van der Waals surface area contributed by atoms with E-state index in [-0.39, 0.29) is 0 Å². The SMILES string of the molecule is CN(C)C(=NCc1ccccc1)c1ccc(Cl)cc1. The Bertz CT molecular complexity index is 545. The molecule has 0 unspecified atom stereocenters. The van der Waals surface area contributed by atoms with Crippen LogP contribution in [0, 0.1) is 0 Å². The average molecular weight is 273 g/mol. The molecule has 0 bridgehead atoms. The zero-order valence-electron chi connectivity index (χ0n) is 11.2. The van der Waals surface area contributed by atoms with Gasteiger partial charge in [-0.2, -0.15) is 0 Å². The van der Waals surface area contributed by atoms with E-state index in [1.165, 1.54) is 5.56 Å². The van der Waals surface area contributed by atoms with Crippen LogP contribution < -0.4 is 0 Å². The van der Waals surface area contributed by atoms with E-state index in [1.54, 1.807) is 0 Å². The monoisotopic (exact) mass is 272 g/mol. The molecule has 2 aromatic rings. The van der Waals surface area contributed by atoms with Gasteiger partial charge in [0.15, 0.2) is 0 Å². The highest BCUT2D eigenvalue weighted by molar-refractivity contribution is 6.30. The van der Waals surface area contributed by atoms with Crippen molar-refractivity contribution in [1.82, 2.24) is 4.90 Å². The van der Waals surface area contributed by atoms with Crippen LogP contribution in [0.1, 0.15) is 11.1 Å². The van der Waals surface area contributed by atoms with E-state index in [0.29, 0.717) is 6.54 Å². The standard InChI is InChI=1S/C16H17ClN2/c1-19(2)16(14-8-10-15(17)11-9-14)18-12-13-6-4-3-5-7-13/h3-11H,12H2,1-2H3. The second-order valence-corrected chi connectivity index (χ2v) is 4.96. The van der Waals surface area contributed by atoms with Crippen molar-refractivity contribution in [2.45, 2.75) is 6.54 Å². The van der Waals surface area contributed by atoms with Crippen molar-refractivity contribution in [2.75, 3.05) is 14.1 Å². The number of halogens is 1. The lowest BCUT2D eigenvalue weighted by molar-refractivity contribution is 0.619. The quantitative estimate of drug-likeness (QED) is 0.612. The number of amidine groups is 1. The molecule has 0 fully saturated rings. The third kappa shape index (κ3) is 3.83. The van der Waals surface area contributed by atoms with Crippen LogP contribution in [-0.2, 0) is 6.54 Å². The Morgan fingerprint density at radius 1 is 1.00 bits per heavy atom. The summed E-state index contributed by atoms with van der Waals surface area (Å²) in [7, 11) is 4.00. The van der Waals surface area contributed by atoms with Crippen LogP contribution in [0.25, 0.3) is 0 Å². The minimum atomic E-state index is 0.678. The Morgan fingerprint density at radius 3 is 2.21 bits per heavy atom. The van der Waals surface area contributed by atoms with Crippen LogP contribution in [0.3, 0.4) is 0 Å². The number of hydrogen-bond acceptors (Lipinski definition) is 1. The molecule has 0 aromatic heterocycles. The summed E-state index contributed by atoms with van der Waals surface area (Å²) < 4.78 is 0. The summed E-state index contributed by atoms with van der Waals surface area (Å²) in [6.45, 7) is 0.678. The lowest BCUT2D eigenvalue weighted by atomic mass is 10.2. The summed E-state index contributed by atoms with van der Waals surface area (Å²) in [4.78, 5) is 6.71. The van der Waals surface area contributed by atoms with Crippen molar-refractivity contribution in [3.8, 4) is 0 Å². The van der Waals surface area contributed by atoms with E-state index < -0.39 is 0 Å². The van der Waals surface area contributed by atoms with Gasteiger partial charge in [0.05, 0.1) is 6.54 Å². The third-order valence-electron chi connectivity index (χ3n) is 2.78. The molecule has 0 spiro atoms. The van der Waals surface area contributed by atoms with Gasteiger partial charge in [-0.3, -0.25) is 4.99 Å². The molecule has 0 radical (unpaired) electrons. The summed E-state index contributed by atoms with van der Waals surface area (Å²) >= 11 is 5.92. The molecule has 2 rings (SSSR count). The van der Waals surface area contributed by atoms with Crippen molar-refractivity contribution < 1.29 is 0 Å². The molecule has 2 nitrogen and oxygen atoms in total. The third-order valence-corrected chi connectivity index (χ3v) is 3.03. The van der Waals surface area contributed by atoms with Crippen LogP contribution in [0.5, 0.6) is 0 Å². The molecule has 0 amide bonds. The van der Waals surface area contributed by atoms with Crippen LogP contribution in [-0.4, -0.2) is 24.8 Å². The molecule has 0 aliphatic heterocycles. The van der Waals surface area contributed by atoms with Crippen LogP contribution in [0.4, 0.5) is 0 Å². The van der Waals surface area contributed by atoms with Crippen LogP contribution in [0.15, 0.2) is 59.6 Å². The van der Waals surface area contributed by atoms with E-state index in [9.17, 15) is 0 Å². The smallest absolute Gasteiger partial charge is 0.130 e. The largest absolute Gasteiger partial charge is 0.363 e. The Morgan fingerprint density at radius 2 is 1.63 bits per heavy atom.